The minimum Gasteiger partial charge on any atom is -0.356 e. The Morgan fingerprint density at radius 2 is 2.33 bits per heavy atom. The van der Waals surface area contributed by atoms with E-state index in [4.69, 9.17) is 0 Å². The molecule has 0 saturated heterocycles. The van der Waals surface area contributed by atoms with Gasteiger partial charge in [0.15, 0.2) is 0 Å². The number of nitriles is 1. The number of hydrogen-bond acceptors (Lipinski definition) is 3. The van der Waals surface area contributed by atoms with E-state index in [0.29, 0.717) is 5.69 Å². The Morgan fingerprint density at radius 3 is 3.11 bits per heavy atom. The van der Waals surface area contributed by atoms with Crippen molar-refractivity contribution in [3.63, 3.8) is 0 Å². The lowest BCUT2D eigenvalue weighted by Crippen LogP contribution is -2.18. The minimum atomic E-state index is 0.635. The molecule has 0 bridgehead atoms. The van der Waals surface area contributed by atoms with Crippen molar-refractivity contribution < 1.29 is 0 Å². The molecule has 0 amide bonds. The van der Waals surface area contributed by atoms with Crippen LogP contribution in [-0.4, -0.2) is 16.1 Å². The van der Waals surface area contributed by atoms with Gasteiger partial charge in [-0.2, -0.15) is 5.26 Å². The van der Waals surface area contributed by atoms with Crippen LogP contribution < -0.4 is 5.32 Å². The fraction of sp³-hybridized carbons (Fsp3) is 0.231. The monoisotopic (exact) mass is 302 g/mol. The molecule has 0 aliphatic carbocycles. The molecule has 1 aliphatic rings. The zero-order valence-corrected chi connectivity index (χ0v) is 11.2. The van der Waals surface area contributed by atoms with Gasteiger partial charge in [-0.3, -0.25) is 0 Å². The Labute approximate surface area is 113 Å². The van der Waals surface area contributed by atoms with Gasteiger partial charge in [-0.1, -0.05) is 28.1 Å². The van der Waals surface area contributed by atoms with E-state index in [0.717, 1.165) is 41.2 Å². The predicted octanol–water partition coefficient (Wildman–Crippen LogP) is 3.00. The highest BCUT2D eigenvalue weighted by molar-refractivity contribution is 9.10. The zero-order chi connectivity index (χ0) is 12.5. The smallest absolute Gasteiger partial charge is 0.204 e. The molecule has 2 aromatic rings. The maximum absolute atomic E-state index is 9.34. The van der Waals surface area contributed by atoms with Crippen molar-refractivity contribution in [2.45, 2.75) is 13.0 Å². The number of anilines is 1. The topological polar surface area (TPSA) is 53.6 Å². The van der Waals surface area contributed by atoms with E-state index < -0.39 is 0 Å². The first-order valence-corrected chi connectivity index (χ1v) is 6.59. The molecule has 0 saturated carbocycles. The molecule has 90 valence electrons. The first kappa shape index (κ1) is 11.3. The van der Waals surface area contributed by atoms with Crippen molar-refractivity contribution in [1.29, 1.82) is 5.26 Å². The van der Waals surface area contributed by atoms with Crippen molar-refractivity contribution in [3.8, 4) is 17.3 Å². The summed E-state index contributed by atoms with van der Waals surface area (Å²) in [6.07, 6.45) is 1.02. The fourth-order valence-corrected chi connectivity index (χ4v) is 2.59. The molecule has 3 rings (SSSR count). The number of rotatable bonds is 1. The third-order valence-corrected chi connectivity index (χ3v) is 3.51. The van der Waals surface area contributed by atoms with Crippen LogP contribution in [0.5, 0.6) is 0 Å². The first-order chi connectivity index (χ1) is 8.79. The number of hydrogen-bond donors (Lipinski definition) is 1. The summed E-state index contributed by atoms with van der Waals surface area (Å²) >= 11 is 3.44. The van der Waals surface area contributed by atoms with Crippen molar-refractivity contribution in [1.82, 2.24) is 9.55 Å². The molecule has 0 unspecified atom stereocenters. The lowest BCUT2D eigenvalue weighted by Gasteiger charge is -2.15. The first-order valence-electron chi connectivity index (χ1n) is 5.80. The highest BCUT2D eigenvalue weighted by Crippen LogP contribution is 2.29. The molecule has 1 aromatic heterocycles. The summed E-state index contributed by atoms with van der Waals surface area (Å²) in [6, 6.07) is 10.1. The number of fused-ring (bicyclic) bond motifs is 1. The molecule has 0 radical (unpaired) electrons. The third-order valence-electron chi connectivity index (χ3n) is 3.01. The maximum atomic E-state index is 9.34. The van der Waals surface area contributed by atoms with Gasteiger partial charge in [-0.15, -0.1) is 0 Å². The largest absolute Gasteiger partial charge is 0.356 e. The van der Waals surface area contributed by atoms with Gasteiger partial charge >= 0.3 is 0 Å². The van der Waals surface area contributed by atoms with Gasteiger partial charge in [-0.25, -0.2) is 4.98 Å². The van der Waals surface area contributed by atoms with Gasteiger partial charge in [0.2, 0.25) is 5.95 Å². The van der Waals surface area contributed by atoms with Crippen molar-refractivity contribution >= 4 is 21.9 Å². The van der Waals surface area contributed by atoms with Gasteiger partial charge in [0.1, 0.15) is 17.5 Å². The van der Waals surface area contributed by atoms with Gasteiger partial charge in [0.05, 0.1) is 0 Å². The summed E-state index contributed by atoms with van der Waals surface area (Å²) in [4.78, 5) is 4.54. The second-order valence-electron chi connectivity index (χ2n) is 4.19. The normalized spacial score (nSPS) is 13.6. The van der Waals surface area contributed by atoms with Crippen LogP contribution in [0.2, 0.25) is 0 Å². The van der Waals surface area contributed by atoms with E-state index in [2.05, 4.69) is 32.3 Å². The van der Waals surface area contributed by atoms with E-state index in [-0.39, 0.29) is 0 Å². The van der Waals surface area contributed by atoms with Gasteiger partial charge in [0.25, 0.3) is 0 Å². The third kappa shape index (κ3) is 1.79. The lowest BCUT2D eigenvalue weighted by molar-refractivity contribution is 0.622. The molecular formula is C13H11BrN4. The number of nitrogens with zero attached hydrogens (tertiary/aromatic N) is 3. The SMILES string of the molecule is N#Cc1c(-c2cccc(Br)c2)nc2n1CCCN2. The van der Waals surface area contributed by atoms with E-state index in [1.807, 2.05) is 28.8 Å². The van der Waals surface area contributed by atoms with E-state index in [9.17, 15) is 5.26 Å². The van der Waals surface area contributed by atoms with Crippen LogP contribution in [0.3, 0.4) is 0 Å². The summed E-state index contributed by atoms with van der Waals surface area (Å²) in [6.45, 7) is 1.77. The Morgan fingerprint density at radius 1 is 1.44 bits per heavy atom. The summed E-state index contributed by atoms with van der Waals surface area (Å²) < 4.78 is 2.95. The molecule has 0 fully saturated rings. The summed E-state index contributed by atoms with van der Waals surface area (Å²) in [5, 5.41) is 12.6. The van der Waals surface area contributed by atoms with Crippen molar-refractivity contribution in [2.24, 2.45) is 0 Å². The van der Waals surface area contributed by atoms with Gasteiger partial charge in [-0.05, 0) is 18.6 Å². The van der Waals surface area contributed by atoms with Crippen LogP contribution in [0.1, 0.15) is 12.1 Å². The second kappa shape index (κ2) is 4.46. The number of halogens is 1. The van der Waals surface area contributed by atoms with Crippen LogP contribution in [0.25, 0.3) is 11.3 Å². The minimum absolute atomic E-state index is 0.635. The molecule has 0 spiro atoms. The molecule has 18 heavy (non-hydrogen) atoms. The van der Waals surface area contributed by atoms with Gasteiger partial charge < -0.3 is 9.88 Å². The Kier molecular flexibility index (Phi) is 2.80. The van der Waals surface area contributed by atoms with Gasteiger partial charge in [0, 0.05) is 23.1 Å². The number of benzene rings is 1. The Hall–Kier alpha value is -1.80. The average molecular weight is 303 g/mol. The van der Waals surface area contributed by atoms with Crippen LogP contribution in [-0.2, 0) is 6.54 Å². The second-order valence-corrected chi connectivity index (χ2v) is 5.10. The molecule has 0 atom stereocenters. The molecule has 5 heteroatoms. The number of aromatic nitrogens is 2. The Bertz CT molecular complexity index is 639. The van der Waals surface area contributed by atoms with Crippen molar-refractivity contribution in [3.05, 3.63) is 34.4 Å². The quantitative estimate of drug-likeness (QED) is 0.881. The molecule has 4 nitrogen and oxygen atoms in total. The lowest BCUT2D eigenvalue weighted by atomic mass is 10.1. The molecule has 1 aromatic carbocycles. The average Bonchev–Trinajstić information content (AvgIpc) is 2.77. The number of nitrogens with one attached hydrogen (secondary N) is 1. The van der Waals surface area contributed by atoms with E-state index >= 15 is 0 Å². The highest BCUT2D eigenvalue weighted by atomic mass is 79.9. The summed E-state index contributed by atoms with van der Waals surface area (Å²) in [7, 11) is 0. The van der Waals surface area contributed by atoms with Crippen LogP contribution in [0.15, 0.2) is 28.7 Å². The standard InChI is InChI=1S/C13H11BrN4/c14-10-4-1-3-9(7-10)12-11(8-15)18-6-2-5-16-13(18)17-12/h1,3-4,7H,2,5-6H2,(H,16,17). The molecule has 2 heterocycles. The fourth-order valence-electron chi connectivity index (χ4n) is 2.19. The highest BCUT2D eigenvalue weighted by Gasteiger charge is 2.20. The van der Waals surface area contributed by atoms with Crippen molar-refractivity contribution in [2.75, 3.05) is 11.9 Å². The molecule has 1 aliphatic heterocycles. The van der Waals surface area contributed by atoms with Crippen LogP contribution in [0.4, 0.5) is 5.95 Å². The predicted molar refractivity (Wildman–Crippen MR) is 73.2 cm³/mol. The molecule has 1 N–H and O–H groups in total. The summed E-state index contributed by atoms with van der Waals surface area (Å²) in [5.74, 6) is 0.799. The van der Waals surface area contributed by atoms with E-state index in [1.165, 1.54) is 0 Å². The summed E-state index contributed by atoms with van der Waals surface area (Å²) in [5.41, 5.74) is 2.35. The maximum Gasteiger partial charge on any atom is 0.204 e. The van der Waals surface area contributed by atoms with E-state index in [1.54, 1.807) is 0 Å². The van der Waals surface area contributed by atoms with Crippen LogP contribution >= 0.6 is 15.9 Å². The Balaban J connectivity index is 2.18. The number of imidazole rings is 1. The molecular weight excluding hydrogens is 292 g/mol. The zero-order valence-electron chi connectivity index (χ0n) is 9.65. The van der Waals surface area contributed by atoms with Crippen LogP contribution in [0, 0.1) is 11.3 Å².